The molecule has 0 aliphatic rings. The van der Waals surface area contributed by atoms with Gasteiger partial charge in [-0.15, -0.1) is 11.8 Å². The Bertz CT molecular complexity index is 616. The summed E-state index contributed by atoms with van der Waals surface area (Å²) in [6.45, 7) is 0. The fourth-order valence-electron chi connectivity index (χ4n) is 1.64. The number of rotatable bonds is 3. The van der Waals surface area contributed by atoms with Gasteiger partial charge < -0.3 is 11.1 Å². The maximum absolute atomic E-state index is 12.2. The van der Waals surface area contributed by atoms with E-state index in [-0.39, 0.29) is 5.91 Å². The molecule has 2 aromatic rings. The highest BCUT2D eigenvalue weighted by Crippen LogP contribution is 2.25. The number of hydrogen-bond acceptors (Lipinski definition) is 3. The maximum atomic E-state index is 12.2. The van der Waals surface area contributed by atoms with Crippen LogP contribution in [0.1, 0.15) is 10.4 Å². The van der Waals surface area contributed by atoms with Crippen LogP contribution in [0.2, 0.25) is 0 Å². The van der Waals surface area contributed by atoms with Crippen molar-refractivity contribution >= 4 is 45.0 Å². The molecule has 19 heavy (non-hydrogen) atoms. The van der Waals surface area contributed by atoms with Crippen LogP contribution in [-0.4, -0.2) is 12.2 Å². The summed E-state index contributed by atoms with van der Waals surface area (Å²) in [7, 11) is 0. The van der Waals surface area contributed by atoms with Crippen LogP contribution in [0, 0.1) is 0 Å². The van der Waals surface area contributed by atoms with Crippen LogP contribution in [0.3, 0.4) is 0 Å². The molecular formula is C14H13BrN2OS. The van der Waals surface area contributed by atoms with Crippen molar-refractivity contribution in [1.82, 2.24) is 0 Å². The van der Waals surface area contributed by atoms with Crippen molar-refractivity contribution in [2.24, 2.45) is 0 Å². The van der Waals surface area contributed by atoms with Crippen LogP contribution in [0.15, 0.2) is 51.8 Å². The maximum Gasteiger partial charge on any atom is 0.256 e. The van der Waals surface area contributed by atoms with Gasteiger partial charge in [0.2, 0.25) is 0 Å². The van der Waals surface area contributed by atoms with Gasteiger partial charge in [0.1, 0.15) is 0 Å². The molecule has 98 valence electrons. The zero-order valence-corrected chi connectivity index (χ0v) is 12.7. The summed E-state index contributed by atoms with van der Waals surface area (Å²) < 4.78 is 0.767. The largest absolute Gasteiger partial charge is 0.398 e. The second-order valence-electron chi connectivity index (χ2n) is 3.89. The second kappa shape index (κ2) is 6.12. The zero-order chi connectivity index (χ0) is 13.8. The van der Waals surface area contributed by atoms with E-state index in [0.29, 0.717) is 16.9 Å². The average molecular weight is 337 g/mol. The van der Waals surface area contributed by atoms with E-state index in [0.717, 1.165) is 9.37 Å². The smallest absolute Gasteiger partial charge is 0.256 e. The highest BCUT2D eigenvalue weighted by atomic mass is 79.9. The molecule has 2 rings (SSSR count). The molecule has 0 aliphatic heterocycles. The molecule has 0 bridgehead atoms. The third-order valence-corrected chi connectivity index (χ3v) is 4.09. The lowest BCUT2D eigenvalue weighted by Crippen LogP contribution is -2.13. The van der Waals surface area contributed by atoms with Crippen molar-refractivity contribution in [3.05, 3.63) is 52.5 Å². The van der Waals surface area contributed by atoms with Crippen LogP contribution in [0.5, 0.6) is 0 Å². The molecule has 0 atom stereocenters. The van der Waals surface area contributed by atoms with E-state index in [1.54, 1.807) is 30.0 Å². The molecule has 2 aromatic carbocycles. The quantitative estimate of drug-likeness (QED) is 0.657. The number of carbonyl (C=O) groups is 1. The van der Waals surface area contributed by atoms with Crippen LogP contribution >= 0.6 is 27.7 Å². The molecule has 0 unspecified atom stereocenters. The lowest BCUT2D eigenvalue weighted by atomic mass is 10.2. The van der Waals surface area contributed by atoms with E-state index in [1.807, 2.05) is 30.5 Å². The lowest BCUT2D eigenvalue weighted by molar-refractivity contribution is 0.102. The van der Waals surface area contributed by atoms with Crippen LogP contribution in [0.25, 0.3) is 0 Å². The van der Waals surface area contributed by atoms with Gasteiger partial charge in [-0.3, -0.25) is 4.79 Å². The number of carbonyl (C=O) groups excluding carboxylic acids is 1. The standard InChI is InChI=1S/C14H13BrN2OS/c1-19-13-5-3-2-4-10(13)14(18)17-9-6-7-12(16)11(15)8-9/h2-8H,16H2,1H3,(H,17,18). The fraction of sp³-hybridized carbons (Fsp3) is 0.0714. The first-order valence-electron chi connectivity index (χ1n) is 5.61. The highest BCUT2D eigenvalue weighted by Gasteiger charge is 2.10. The molecule has 0 saturated heterocycles. The fourth-order valence-corrected chi connectivity index (χ4v) is 2.61. The number of benzene rings is 2. The predicted octanol–water partition coefficient (Wildman–Crippen LogP) is 4.01. The number of nitrogens with one attached hydrogen (secondary N) is 1. The minimum absolute atomic E-state index is 0.123. The third-order valence-electron chi connectivity index (χ3n) is 2.61. The molecule has 0 saturated carbocycles. The monoisotopic (exact) mass is 336 g/mol. The molecule has 0 fully saturated rings. The van der Waals surface area contributed by atoms with Gasteiger partial charge in [-0.25, -0.2) is 0 Å². The van der Waals surface area contributed by atoms with Crippen molar-refractivity contribution in [3.8, 4) is 0 Å². The molecule has 3 N–H and O–H groups in total. The zero-order valence-electron chi connectivity index (χ0n) is 10.3. The summed E-state index contributed by atoms with van der Waals surface area (Å²) in [5.41, 5.74) is 7.73. The first-order chi connectivity index (χ1) is 9.11. The van der Waals surface area contributed by atoms with E-state index < -0.39 is 0 Å². The van der Waals surface area contributed by atoms with Gasteiger partial charge in [0, 0.05) is 20.7 Å². The minimum Gasteiger partial charge on any atom is -0.398 e. The Morgan fingerprint density at radius 3 is 2.68 bits per heavy atom. The number of hydrogen-bond donors (Lipinski definition) is 2. The summed E-state index contributed by atoms with van der Waals surface area (Å²) in [6, 6.07) is 12.8. The molecule has 0 aliphatic carbocycles. The van der Waals surface area contributed by atoms with Crippen LogP contribution in [-0.2, 0) is 0 Å². The molecule has 0 spiro atoms. The van der Waals surface area contributed by atoms with Gasteiger partial charge in [-0.05, 0) is 52.5 Å². The molecule has 0 aromatic heterocycles. The topological polar surface area (TPSA) is 55.1 Å². The summed E-state index contributed by atoms with van der Waals surface area (Å²) in [6.07, 6.45) is 1.95. The van der Waals surface area contributed by atoms with E-state index in [4.69, 9.17) is 5.73 Å². The first-order valence-corrected chi connectivity index (χ1v) is 7.63. The lowest BCUT2D eigenvalue weighted by Gasteiger charge is -2.09. The summed E-state index contributed by atoms with van der Waals surface area (Å²) in [5.74, 6) is -0.123. The normalized spacial score (nSPS) is 10.2. The van der Waals surface area contributed by atoms with Gasteiger partial charge in [0.15, 0.2) is 0 Å². The SMILES string of the molecule is CSc1ccccc1C(=O)Nc1ccc(N)c(Br)c1. The molecule has 0 radical (unpaired) electrons. The number of anilines is 2. The Morgan fingerprint density at radius 1 is 1.26 bits per heavy atom. The number of thioether (sulfide) groups is 1. The number of halogens is 1. The Kier molecular flexibility index (Phi) is 4.50. The van der Waals surface area contributed by atoms with Gasteiger partial charge in [-0.1, -0.05) is 12.1 Å². The molecule has 3 nitrogen and oxygen atoms in total. The van der Waals surface area contributed by atoms with E-state index >= 15 is 0 Å². The Hall–Kier alpha value is -1.46. The van der Waals surface area contributed by atoms with E-state index in [2.05, 4.69) is 21.2 Å². The van der Waals surface area contributed by atoms with Crippen molar-refractivity contribution < 1.29 is 4.79 Å². The molecule has 0 heterocycles. The van der Waals surface area contributed by atoms with Crippen LogP contribution in [0.4, 0.5) is 11.4 Å². The van der Waals surface area contributed by atoms with Crippen molar-refractivity contribution in [2.75, 3.05) is 17.3 Å². The van der Waals surface area contributed by atoms with Crippen molar-refractivity contribution in [2.45, 2.75) is 4.90 Å². The van der Waals surface area contributed by atoms with Gasteiger partial charge in [0.25, 0.3) is 5.91 Å². The van der Waals surface area contributed by atoms with Crippen molar-refractivity contribution in [3.63, 3.8) is 0 Å². The summed E-state index contributed by atoms with van der Waals surface area (Å²) in [5, 5.41) is 2.86. The Labute approximate surface area is 124 Å². The van der Waals surface area contributed by atoms with E-state index in [1.165, 1.54) is 0 Å². The van der Waals surface area contributed by atoms with Crippen LogP contribution < -0.4 is 11.1 Å². The number of nitrogens with two attached hydrogens (primary N) is 1. The number of amides is 1. The molecule has 5 heteroatoms. The molecule has 1 amide bonds. The summed E-state index contributed by atoms with van der Waals surface area (Å²) in [4.78, 5) is 13.2. The predicted molar refractivity (Wildman–Crippen MR) is 84.7 cm³/mol. The van der Waals surface area contributed by atoms with Gasteiger partial charge in [0.05, 0.1) is 5.56 Å². The second-order valence-corrected chi connectivity index (χ2v) is 5.59. The van der Waals surface area contributed by atoms with Gasteiger partial charge >= 0.3 is 0 Å². The number of nitrogen functional groups attached to an aromatic ring is 1. The van der Waals surface area contributed by atoms with Crippen molar-refractivity contribution in [1.29, 1.82) is 0 Å². The third kappa shape index (κ3) is 3.30. The minimum atomic E-state index is -0.123. The van der Waals surface area contributed by atoms with Gasteiger partial charge in [-0.2, -0.15) is 0 Å². The molecular weight excluding hydrogens is 324 g/mol. The Balaban J connectivity index is 2.23. The average Bonchev–Trinajstić information content (AvgIpc) is 2.43. The highest BCUT2D eigenvalue weighted by molar-refractivity contribution is 9.10. The van der Waals surface area contributed by atoms with E-state index in [9.17, 15) is 4.79 Å². The summed E-state index contributed by atoms with van der Waals surface area (Å²) >= 11 is 4.89. The first kappa shape index (κ1) is 14.0. The Morgan fingerprint density at radius 2 is 2.00 bits per heavy atom.